The van der Waals surface area contributed by atoms with E-state index < -0.39 is 10.9 Å². The Hall–Kier alpha value is -1.69. The van der Waals surface area contributed by atoms with Crippen molar-refractivity contribution in [3.63, 3.8) is 0 Å². The Bertz CT molecular complexity index is 462. The average molecular weight is 273 g/mol. The molecule has 0 spiro atoms. The highest BCUT2D eigenvalue weighted by molar-refractivity contribution is 6.32. The maximum atomic E-state index is 11.7. The van der Waals surface area contributed by atoms with Crippen LogP contribution < -0.4 is 0 Å². The van der Waals surface area contributed by atoms with Gasteiger partial charge in [-0.2, -0.15) is 0 Å². The molecule has 0 saturated heterocycles. The largest absolute Gasteiger partial charge is 0.462 e. The van der Waals surface area contributed by atoms with E-state index in [0.717, 1.165) is 12.3 Å². The first-order chi connectivity index (χ1) is 8.41. The van der Waals surface area contributed by atoms with Gasteiger partial charge in [0, 0.05) is 6.07 Å². The van der Waals surface area contributed by atoms with Crippen molar-refractivity contribution >= 4 is 23.3 Å². The van der Waals surface area contributed by atoms with Crippen molar-refractivity contribution in [1.82, 2.24) is 4.98 Å². The number of aromatic nitrogens is 1. The molecule has 0 N–H and O–H groups in total. The quantitative estimate of drug-likeness (QED) is 0.356. The van der Waals surface area contributed by atoms with Gasteiger partial charge in [0.05, 0.1) is 11.5 Å². The highest BCUT2D eigenvalue weighted by Crippen LogP contribution is 2.20. The van der Waals surface area contributed by atoms with Crippen LogP contribution in [0.5, 0.6) is 0 Å². The van der Waals surface area contributed by atoms with E-state index in [9.17, 15) is 14.9 Å². The first kappa shape index (κ1) is 14.4. The number of nitrogens with zero attached hydrogens (tertiary/aromatic N) is 2. The molecule has 0 fully saturated rings. The van der Waals surface area contributed by atoms with Gasteiger partial charge >= 0.3 is 5.97 Å². The molecule has 1 heterocycles. The Labute approximate surface area is 109 Å². The monoisotopic (exact) mass is 272 g/mol. The number of hydrogen-bond donors (Lipinski definition) is 0. The fourth-order valence-electron chi connectivity index (χ4n) is 1.15. The summed E-state index contributed by atoms with van der Waals surface area (Å²) in [6.07, 6.45) is 1.71. The van der Waals surface area contributed by atoms with Crippen LogP contribution >= 0.6 is 11.6 Å². The molecule has 1 aromatic heterocycles. The molecule has 0 aliphatic carbocycles. The van der Waals surface area contributed by atoms with Crippen LogP contribution in [0, 0.1) is 16.0 Å². The van der Waals surface area contributed by atoms with Gasteiger partial charge in [-0.25, -0.2) is 9.78 Å². The van der Waals surface area contributed by atoms with Crippen molar-refractivity contribution in [2.24, 2.45) is 5.92 Å². The highest BCUT2D eigenvalue weighted by Gasteiger charge is 2.18. The molecule has 1 rings (SSSR count). The fraction of sp³-hybridized carbons (Fsp3) is 0.455. The summed E-state index contributed by atoms with van der Waals surface area (Å²) in [6, 6.07) is 1.06. The summed E-state index contributed by atoms with van der Waals surface area (Å²) < 4.78 is 4.97. The second-order valence-corrected chi connectivity index (χ2v) is 4.47. The Morgan fingerprint density at radius 3 is 2.83 bits per heavy atom. The first-order valence-electron chi connectivity index (χ1n) is 5.39. The minimum atomic E-state index is -0.697. The Morgan fingerprint density at radius 1 is 1.61 bits per heavy atom. The lowest BCUT2D eigenvalue weighted by Crippen LogP contribution is -2.09. The predicted molar refractivity (Wildman–Crippen MR) is 65.6 cm³/mol. The Kier molecular flexibility index (Phi) is 5.03. The van der Waals surface area contributed by atoms with E-state index in [1.54, 1.807) is 0 Å². The van der Waals surface area contributed by atoms with E-state index in [1.807, 2.05) is 13.8 Å². The third-order valence-corrected chi connectivity index (χ3v) is 2.48. The van der Waals surface area contributed by atoms with Gasteiger partial charge in [0.2, 0.25) is 0 Å². The van der Waals surface area contributed by atoms with Crippen LogP contribution in [0.4, 0.5) is 5.69 Å². The van der Waals surface area contributed by atoms with Gasteiger partial charge in [-0.15, -0.1) is 0 Å². The zero-order valence-electron chi connectivity index (χ0n) is 10.1. The number of rotatable bonds is 5. The van der Waals surface area contributed by atoms with Gasteiger partial charge in [0.15, 0.2) is 0 Å². The van der Waals surface area contributed by atoms with E-state index >= 15 is 0 Å². The highest BCUT2D eigenvalue weighted by atomic mass is 35.5. The first-order valence-corrected chi connectivity index (χ1v) is 5.76. The molecule has 0 aromatic carbocycles. The van der Waals surface area contributed by atoms with E-state index in [2.05, 4.69) is 4.98 Å². The molecule has 6 nitrogen and oxygen atoms in total. The van der Waals surface area contributed by atoms with Crippen LogP contribution in [0.2, 0.25) is 5.15 Å². The van der Waals surface area contributed by atoms with Crippen molar-refractivity contribution in [1.29, 1.82) is 0 Å². The molecule has 7 heteroatoms. The van der Waals surface area contributed by atoms with E-state index in [0.29, 0.717) is 12.3 Å². The fourth-order valence-corrected chi connectivity index (χ4v) is 1.33. The smallest absolute Gasteiger partial charge is 0.341 e. The Morgan fingerprint density at radius 2 is 2.28 bits per heavy atom. The number of halogens is 1. The molecule has 0 radical (unpaired) electrons. The van der Waals surface area contributed by atoms with Crippen molar-refractivity contribution in [2.45, 2.75) is 20.3 Å². The topological polar surface area (TPSA) is 82.3 Å². The molecule has 0 unspecified atom stereocenters. The zero-order chi connectivity index (χ0) is 13.7. The van der Waals surface area contributed by atoms with Crippen LogP contribution in [-0.2, 0) is 4.74 Å². The molecule has 0 aliphatic heterocycles. The molecule has 1 aromatic rings. The summed E-state index contributed by atoms with van der Waals surface area (Å²) in [7, 11) is 0. The number of esters is 1. The lowest BCUT2D eigenvalue weighted by Gasteiger charge is -2.07. The van der Waals surface area contributed by atoms with E-state index in [4.69, 9.17) is 16.3 Å². The van der Waals surface area contributed by atoms with Crippen molar-refractivity contribution < 1.29 is 14.5 Å². The van der Waals surface area contributed by atoms with Gasteiger partial charge in [0.25, 0.3) is 5.69 Å². The third-order valence-electron chi connectivity index (χ3n) is 2.18. The minimum Gasteiger partial charge on any atom is -0.462 e. The summed E-state index contributed by atoms with van der Waals surface area (Å²) in [5.41, 5.74) is -0.384. The second-order valence-electron chi connectivity index (χ2n) is 4.11. The van der Waals surface area contributed by atoms with E-state index in [1.165, 1.54) is 0 Å². The van der Waals surface area contributed by atoms with Crippen molar-refractivity contribution in [3.8, 4) is 0 Å². The van der Waals surface area contributed by atoms with Crippen LogP contribution in [0.25, 0.3) is 0 Å². The van der Waals surface area contributed by atoms with Crippen molar-refractivity contribution in [3.05, 3.63) is 33.1 Å². The maximum Gasteiger partial charge on any atom is 0.341 e. The second kappa shape index (κ2) is 6.30. The molecule has 0 saturated carbocycles. The third kappa shape index (κ3) is 3.96. The summed E-state index contributed by atoms with van der Waals surface area (Å²) in [5.74, 6) is -0.298. The van der Waals surface area contributed by atoms with Crippen molar-refractivity contribution in [2.75, 3.05) is 6.61 Å². The lowest BCUT2D eigenvalue weighted by atomic mass is 10.1. The summed E-state index contributed by atoms with van der Waals surface area (Å²) in [6.45, 7) is 4.24. The number of carbonyl (C=O) groups is 1. The maximum absolute atomic E-state index is 11.7. The summed E-state index contributed by atoms with van der Waals surface area (Å²) >= 11 is 5.70. The van der Waals surface area contributed by atoms with Gasteiger partial charge < -0.3 is 4.74 Å². The number of ether oxygens (including phenoxy) is 1. The normalized spacial score (nSPS) is 10.4. The minimum absolute atomic E-state index is 0.0883. The predicted octanol–water partition coefficient (Wildman–Crippen LogP) is 2.85. The SMILES string of the molecule is CC(C)CCOC(=O)c1cc([N+](=O)[O-])cnc1Cl. The molecular formula is C11H13ClN2O4. The lowest BCUT2D eigenvalue weighted by molar-refractivity contribution is -0.385. The van der Waals surface area contributed by atoms with Gasteiger partial charge in [-0.05, 0) is 12.3 Å². The molecule has 18 heavy (non-hydrogen) atoms. The average Bonchev–Trinajstić information content (AvgIpc) is 2.28. The van der Waals surface area contributed by atoms with Crippen LogP contribution in [0.3, 0.4) is 0 Å². The summed E-state index contributed by atoms with van der Waals surface area (Å²) in [4.78, 5) is 25.2. The Balaban J connectivity index is 2.78. The number of carbonyl (C=O) groups excluding carboxylic acids is 1. The number of pyridine rings is 1. The van der Waals surface area contributed by atoms with Crippen LogP contribution in [-0.4, -0.2) is 22.5 Å². The van der Waals surface area contributed by atoms with Gasteiger partial charge in [0.1, 0.15) is 16.9 Å². The summed E-state index contributed by atoms with van der Waals surface area (Å²) in [5, 5.41) is 10.5. The van der Waals surface area contributed by atoms with Gasteiger partial charge in [-0.3, -0.25) is 10.1 Å². The molecule has 0 aliphatic rings. The molecule has 0 bridgehead atoms. The van der Waals surface area contributed by atoms with Gasteiger partial charge in [-0.1, -0.05) is 25.4 Å². The number of hydrogen-bond acceptors (Lipinski definition) is 5. The van der Waals surface area contributed by atoms with E-state index in [-0.39, 0.29) is 23.0 Å². The van der Waals surface area contributed by atoms with Crippen LogP contribution in [0.15, 0.2) is 12.3 Å². The zero-order valence-corrected chi connectivity index (χ0v) is 10.8. The number of nitro groups is 1. The molecule has 0 amide bonds. The standard InChI is InChI=1S/C11H13ClN2O4/c1-7(2)3-4-18-11(15)9-5-8(14(16)17)6-13-10(9)12/h5-7H,3-4H2,1-2H3. The van der Waals surface area contributed by atoms with Crippen LogP contribution in [0.1, 0.15) is 30.6 Å². The molecule has 0 atom stereocenters. The molecule has 98 valence electrons. The molecular weight excluding hydrogens is 260 g/mol.